The highest BCUT2D eigenvalue weighted by Crippen LogP contribution is 2.34. The first-order chi connectivity index (χ1) is 12.8. The molecule has 1 atom stereocenters. The number of fused-ring (bicyclic) bond motifs is 1. The number of aromatic nitrogens is 1. The largest absolute Gasteiger partial charge is 0.489 e. The molecule has 3 rings (SSSR count). The van der Waals surface area contributed by atoms with Crippen molar-refractivity contribution in [1.29, 1.82) is 0 Å². The normalized spacial score (nSPS) is 15.7. The number of rotatable bonds is 5. The molecule has 2 amide bonds. The Bertz CT molecular complexity index is 846. The summed E-state index contributed by atoms with van der Waals surface area (Å²) < 4.78 is 10.9. The van der Waals surface area contributed by atoms with Crippen molar-refractivity contribution < 1.29 is 18.8 Å². The van der Waals surface area contributed by atoms with E-state index in [9.17, 15) is 9.59 Å². The molecule has 0 aliphatic carbocycles. The molecule has 1 N–H and O–H groups in total. The fourth-order valence-corrected chi connectivity index (χ4v) is 2.97. The fraction of sp³-hybridized carbons (Fsp3) is 0.421. The standard InChI is InChI=1S/C19H24N4O4/c1-12-7-15(27-21-12)10-20-18(24)9-14-11-26-17-6-5-13(19(25)22(2)3)8-16(17)23(14)4/h5-8,14H,9-11H2,1-4H3,(H,20,24)/t14-/m0/s1. The van der Waals surface area contributed by atoms with Crippen LogP contribution in [-0.4, -0.2) is 55.7 Å². The number of ether oxygens (including phenoxy) is 1. The molecule has 1 aromatic carbocycles. The third-order valence-electron chi connectivity index (χ3n) is 4.53. The van der Waals surface area contributed by atoms with Crippen LogP contribution in [0.2, 0.25) is 0 Å². The average Bonchev–Trinajstić information content (AvgIpc) is 3.07. The third kappa shape index (κ3) is 4.21. The Hall–Kier alpha value is -3.03. The van der Waals surface area contributed by atoms with Crippen LogP contribution in [-0.2, 0) is 11.3 Å². The number of carbonyl (C=O) groups is 2. The molecule has 2 heterocycles. The Morgan fingerprint density at radius 1 is 1.33 bits per heavy atom. The van der Waals surface area contributed by atoms with Crippen LogP contribution in [0.15, 0.2) is 28.8 Å². The topological polar surface area (TPSA) is 87.9 Å². The van der Waals surface area contributed by atoms with Crippen molar-refractivity contribution in [2.45, 2.75) is 25.9 Å². The summed E-state index contributed by atoms with van der Waals surface area (Å²) in [4.78, 5) is 28.0. The molecular weight excluding hydrogens is 348 g/mol. The third-order valence-corrected chi connectivity index (χ3v) is 4.53. The lowest BCUT2D eigenvalue weighted by atomic mass is 10.1. The van der Waals surface area contributed by atoms with Crippen molar-refractivity contribution in [3.8, 4) is 5.75 Å². The maximum absolute atomic E-state index is 12.3. The summed E-state index contributed by atoms with van der Waals surface area (Å²) in [6, 6.07) is 7.01. The van der Waals surface area contributed by atoms with Gasteiger partial charge in [-0.05, 0) is 25.1 Å². The van der Waals surface area contributed by atoms with Crippen molar-refractivity contribution in [2.24, 2.45) is 0 Å². The molecule has 1 aliphatic rings. The zero-order valence-electron chi connectivity index (χ0n) is 16.0. The minimum atomic E-state index is -0.126. The molecule has 0 unspecified atom stereocenters. The second kappa shape index (κ2) is 7.69. The minimum absolute atomic E-state index is 0.0755. The molecule has 1 aromatic heterocycles. The van der Waals surface area contributed by atoms with E-state index in [0.717, 1.165) is 11.4 Å². The number of nitrogens with one attached hydrogen (secondary N) is 1. The highest BCUT2D eigenvalue weighted by molar-refractivity contribution is 5.95. The summed E-state index contributed by atoms with van der Waals surface area (Å²) in [5, 5.41) is 6.63. The predicted octanol–water partition coefficient (Wildman–Crippen LogP) is 1.59. The van der Waals surface area contributed by atoms with Gasteiger partial charge >= 0.3 is 0 Å². The van der Waals surface area contributed by atoms with E-state index < -0.39 is 0 Å². The van der Waals surface area contributed by atoms with Crippen LogP contribution < -0.4 is 15.0 Å². The van der Waals surface area contributed by atoms with E-state index in [1.807, 2.05) is 18.9 Å². The summed E-state index contributed by atoms with van der Waals surface area (Å²) in [6.45, 7) is 2.53. The van der Waals surface area contributed by atoms with Gasteiger partial charge in [-0.1, -0.05) is 5.16 Å². The predicted molar refractivity (Wildman–Crippen MR) is 99.8 cm³/mol. The van der Waals surface area contributed by atoms with Gasteiger partial charge in [0.25, 0.3) is 5.91 Å². The molecule has 8 heteroatoms. The number of anilines is 1. The Morgan fingerprint density at radius 2 is 2.11 bits per heavy atom. The van der Waals surface area contributed by atoms with E-state index in [1.54, 1.807) is 38.4 Å². The van der Waals surface area contributed by atoms with Gasteiger partial charge in [-0.25, -0.2) is 0 Å². The number of likely N-dealkylation sites (N-methyl/N-ethyl adjacent to an activating group) is 1. The van der Waals surface area contributed by atoms with Gasteiger partial charge in [0, 0.05) is 32.8 Å². The molecular formula is C19H24N4O4. The monoisotopic (exact) mass is 372 g/mol. The molecule has 0 spiro atoms. The summed E-state index contributed by atoms with van der Waals surface area (Å²) in [6.07, 6.45) is 0.273. The number of aryl methyl sites for hydroxylation is 1. The maximum Gasteiger partial charge on any atom is 0.253 e. The number of benzene rings is 1. The van der Waals surface area contributed by atoms with Gasteiger partial charge in [-0.3, -0.25) is 9.59 Å². The molecule has 27 heavy (non-hydrogen) atoms. The zero-order chi connectivity index (χ0) is 19.6. The summed E-state index contributed by atoms with van der Waals surface area (Å²) in [7, 11) is 5.33. The van der Waals surface area contributed by atoms with Crippen LogP contribution in [0, 0.1) is 6.92 Å². The molecule has 8 nitrogen and oxygen atoms in total. The zero-order valence-corrected chi connectivity index (χ0v) is 16.0. The van der Waals surface area contributed by atoms with Gasteiger partial charge in [0.15, 0.2) is 5.76 Å². The van der Waals surface area contributed by atoms with Gasteiger partial charge in [0.05, 0.1) is 30.4 Å². The molecule has 144 valence electrons. The summed E-state index contributed by atoms with van der Waals surface area (Å²) >= 11 is 0. The first kappa shape index (κ1) is 18.8. The van der Waals surface area contributed by atoms with Crippen molar-refractivity contribution in [1.82, 2.24) is 15.4 Å². The van der Waals surface area contributed by atoms with Crippen LogP contribution in [0.1, 0.15) is 28.2 Å². The van der Waals surface area contributed by atoms with E-state index >= 15 is 0 Å². The van der Waals surface area contributed by atoms with E-state index in [4.69, 9.17) is 9.26 Å². The molecule has 1 aliphatic heterocycles. The number of hydrogen-bond acceptors (Lipinski definition) is 6. The lowest BCUT2D eigenvalue weighted by molar-refractivity contribution is -0.121. The van der Waals surface area contributed by atoms with E-state index in [0.29, 0.717) is 30.2 Å². The molecule has 0 bridgehead atoms. The number of hydrogen-bond donors (Lipinski definition) is 1. The fourth-order valence-electron chi connectivity index (χ4n) is 2.97. The Kier molecular flexibility index (Phi) is 5.34. The van der Waals surface area contributed by atoms with Crippen LogP contribution in [0.5, 0.6) is 5.75 Å². The van der Waals surface area contributed by atoms with Crippen LogP contribution in [0.3, 0.4) is 0 Å². The highest BCUT2D eigenvalue weighted by atomic mass is 16.5. The molecule has 0 saturated carbocycles. The van der Waals surface area contributed by atoms with Crippen molar-refractivity contribution in [3.05, 3.63) is 41.3 Å². The van der Waals surface area contributed by atoms with Crippen LogP contribution in [0.25, 0.3) is 0 Å². The average molecular weight is 372 g/mol. The smallest absolute Gasteiger partial charge is 0.253 e. The lowest BCUT2D eigenvalue weighted by Crippen LogP contribution is -2.43. The van der Waals surface area contributed by atoms with Gasteiger partial charge in [-0.15, -0.1) is 0 Å². The Balaban J connectivity index is 1.64. The number of nitrogens with zero attached hydrogens (tertiary/aromatic N) is 3. The number of carbonyl (C=O) groups excluding carboxylic acids is 2. The quantitative estimate of drug-likeness (QED) is 0.858. The summed E-state index contributed by atoms with van der Waals surface area (Å²) in [5.41, 5.74) is 2.16. The number of amides is 2. The van der Waals surface area contributed by atoms with Gasteiger partial charge in [0.1, 0.15) is 12.4 Å². The van der Waals surface area contributed by atoms with Gasteiger partial charge < -0.3 is 24.4 Å². The Labute approximate surface area is 158 Å². The maximum atomic E-state index is 12.3. The second-order valence-electron chi connectivity index (χ2n) is 6.87. The van der Waals surface area contributed by atoms with Crippen LogP contribution in [0.4, 0.5) is 5.69 Å². The second-order valence-corrected chi connectivity index (χ2v) is 6.87. The molecule has 0 saturated heterocycles. The molecule has 0 fully saturated rings. The first-order valence-corrected chi connectivity index (χ1v) is 8.75. The van der Waals surface area contributed by atoms with Crippen LogP contribution >= 0.6 is 0 Å². The van der Waals surface area contributed by atoms with E-state index in [-0.39, 0.29) is 24.3 Å². The SMILES string of the molecule is Cc1cc(CNC(=O)C[C@H]2COc3ccc(C(=O)N(C)C)cc3N2C)on1. The highest BCUT2D eigenvalue weighted by Gasteiger charge is 2.27. The van der Waals surface area contributed by atoms with Crippen molar-refractivity contribution in [2.75, 3.05) is 32.6 Å². The lowest BCUT2D eigenvalue weighted by Gasteiger charge is -2.35. The molecule has 0 radical (unpaired) electrons. The molecule has 2 aromatic rings. The van der Waals surface area contributed by atoms with Gasteiger partial charge in [-0.2, -0.15) is 0 Å². The Morgan fingerprint density at radius 3 is 2.78 bits per heavy atom. The van der Waals surface area contributed by atoms with Gasteiger partial charge in [0.2, 0.25) is 5.91 Å². The summed E-state index contributed by atoms with van der Waals surface area (Å²) in [5.74, 6) is 1.15. The minimum Gasteiger partial charge on any atom is -0.489 e. The first-order valence-electron chi connectivity index (χ1n) is 8.75. The van der Waals surface area contributed by atoms with Crippen molar-refractivity contribution in [3.63, 3.8) is 0 Å². The van der Waals surface area contributed by atoms with E-state index in [2.05, 4.69) is 10.5 Å². The van der Waals surface area contributed by atoms with E-state index in [1.165, 1.54) is 4.90 Å². The van der Waals surface area contributed by atoms with Crippen molar-refractivity contribution >= 4 is 17.5 Å².